The van der Waals surface area contributed by atoms with Crippen LogP contribution in [-0.2, 0) is 25.3 Å². The molecule has 1 aromatic heterocycles. The average molecular weight is 387 g/mol. The van der Waals surface area contributed by atoms with E-state index < -0.39 is 59.7 Å². The molecule has 3 rings (SSSR count). The predicted octanol–water partition coefficient (Wildman–Crippen LogP) is -0.120. The van der Waals surface area contributed by atoms with Crippen LogP contribution in [0.2, 0.25) is 0 Å². The number of rotatable bonds is 3. The van der Waals surface area contributed by atoms with Gasteiger partial charge < -0.3 is 9.84 Å². The number of pyridine rings is 1. The number of methoxy groups -OCH3 is 1. The minimum atomic E-state index is -4.63. The normalized spacial score (nSPS) is 30.6. The van der Waals surface area contributed by atoms with Crippen LogP contribution in [-0.4, -0.2) is 59.1 Å². The number of hydrogen-bond donors (Lipinski definition) is 2. The molecular formula is C16H16F3N3O5. The number of alkyl halides is 3. The van der Waals surface area contributed by atoms with E-state index in [1.807, 2.05) is 0 Å². The molecule has 2 saturated heterocycles. The molecule has 0 spiro atoms. The number of carbonyl (C=O) groups excluding carboxylic acids is 3. The molecule has 8 nitrogen and oxygen atoms in total. The molecule has 0 bridgehead atoms. The Bertz CT molecular complexity index is 797. The predicted molar refractivity (Wildman–Crippen MR) is 81.7 cm³/mol. The van der Waals surface area contributed by atoms with Crippen LogP contribution in [0.4, 0.5) is 13.2 Å². The Morgan fingerprint density at radius 1 is 1.37 bits per heavy atom. The number of ether oxygens (including phenoxy) is 1. The van der Waals surface area contributed by atoms with E-state index in [9.17, 15) is 32.7 Å². The fraction of sp³-hybridized carbons (Fsp3) is 0.500. The highest BCUT2D eigenvalue weighted by molar-refractivity contribution is 6.09. The lowest BCUT2D eigenvalue weighted by Gasteiger charge is -2.29. The lowest BCUT2D eigenvalue weighted by atomic mass is 9.80. The van der Waals surface area contributed by atoms with Gasteiger partial charge in [0.1, 0.15) is 5.69 Å². The highest BCUT2D eigenvalue weighted by Gasteiger charge is 2.68. The molecule has 146 valence electrons. The summed E-state index contributed by atoms with van der Waals surface area (Å²) in [6.45, 7) is -0.835. The van der Waals surface area contributed by atoms with Crippen molar-refractivity contribution < 1.29 is 37.4 Å². The summed E-state index contributed by atoms with van der Waals surface area (Å²) in [6, 6.07) is 0.858. The number of hydrogen-bond acceptors (Lipinski definition) is 7. The van der Waals surface area contributed by atoms with E-state index in [1.165, 1.54) is 7.05 Å². The van der Waals surface area contributed by atoms with Crippen molar-refractivity contribution in [1.82, 2.24) is 15.2 Å². The van der Waals surface area contributed by atoms with Gasteiger partial charge >= 0.3 is 12.1 Å². The number of carbonyl (C=O) groups is 3. The van der Waals surface area contributed by atoms with E-state index in [0.717, 1.165) is 30.3 Å². The number of esters is 1. The number of imide groups is 1. The zero-order chi connectivity index (χ0) is 20.1. The first-order chi connectivity index (χ1) is 12.6. The molecule has 0 aliphatic carbocycles. The van der Waals surface area contributed by atoms with E-state index >= 15 is 0 Å². The van der Waals surface area contributed by atoms with Crippen molar-refractivity contribution in [2.24, 2.45) is 11.8 Å². The monoisotopic (exact) mass is 387 g/mol. The summed E-state index contributed by atoms with van der Waals surface area (Å²) < 4.78 is 42.9. The van der Waals surface area contributed by atoms with Gasteiger partial charge in [-0.05, 0) is 11.6 Å². The highest BCUT2D eigenvalue weighted by atomic mass is 19.4. The topological polar surface area (TPSA) is 109 Å². The van der Waals surface area contributed by atoms with Gasteiger partial charge in [-0.3, -0.25) is 24.8 Å². The summed E-state index contributed by atoms with van der Waals surface area (Å²) in [5, 5.41) is 12.6. The molecule has 2 aliphatic heterocycles. The molecule has 1 aromatic rings. The summed E-state index contributed by atoms with van der Waals surface area (Å²) in [5.41, 5.74) is -2.83. The second-order valence-corrected chi connectivity index (χ2v) is 6.46. The van der Waals surface area contributed by atoms with Gasteiger partial charge in [-0.1, -0.05) is 6.07 Å². The van der Waals surface area contributed by atoms with Crippen LogP contribution in [0.15, 0.2) is 18.3 Å². The van der Waals surface area contributed by atoms with Gasteiger partial charge in [0.05, 0.1) is 25.6 Å². The number of nitrogens with one attached hydrogen (secondary N) is 1. The third kappa shape index (κ3) is 2.69. The number of aliphatic hydroxyl groups is 1. The summed E-state index contributed by atoms with van der Waals surface area (Å²) in [5.74, 6) is -4.58. The molecule has 0 aromatic carbocycles. The van der Waals surface area contributed by atoms with Crippen molar-refractivity contribution in [2.45, 2.75) is 17.8 Å². The summed E-state index contributed by atoms with van der Waals surface area (Å²) in [6.07, 6.45) is -3.71. The van der Waals surface area contributed by atoms with E-state index in [4.69, 9.17) is 4.74 Å². The summed E-state index contributed by atoms with van der Waals surface area (Å²) >= 11 is 0. The number of fused-ring (bicyclic) bond motifs is 1. The maximum absolute atomic E-state index is 12.7. The number of likely N-dealkylation sites (tertiary alicyclic amines) is 1. The van der Waals surface area contributed by atoms with Gasteiger partial charge in [0.25, 0.3) is 0 Å². The smallest absolute Gasteiger partial charge is 0.433 e. The lowest BCUT2D eigenvalue weighted by Crippen LogP contribution is -2.58. The standard InChI is InChI=1S/C16H16F3N3O5/c1-22-12(24)9-10(13(22)25)15(6-23,14(26)27-2)21-11(9)7-3-4-8(20-5-7)16(17,18)19/h3-5,9-11,21,23H,6H2,1-2H3/t9-,10-,11-,15-/m0/s1. The summed E-state index contributed by atoms with van der Waals surface area (Å²) in [4.78, 5) is 41.6. The maximum Gasteiger partial charge on any atom is 0.433 e. The Labute approximate surface area is 151 Å². The molecule has 2 N–H and O–H groups in total. The Kier molecular flexibility index (Phi) is 4.47. The molecule has 27 heavy (non-hydrogen) atoms. The van der Waals surface area contributed by atoms with E-state index in [1.54, 1.807) is 0 Å². The van der Waals surface area contributed by atoms with Gasteiger partial charge in [-0.25, -0.2) is 4.79 Å². The van der Waals surface area contributed by atoms with Crippen molar-refractivity contribution in [2.75, 3.05) is 20.8 Å². The highest BCUT2D eigenvalue weighted by Crippen LogP contribution is 2.48. The molecular weight excluding hydrogens is 371 g/mol. The van der Waals surface area contributed by atoms with Gasteiger partial charge in [0.2, 0.25) is 11.8 Å². The van der Waals surface area contributed by atoms with Crippen LogP contribution in [0.3, 0.4) is 0 Å². The second kappa shape index (κ2) is 6.27. The quantitative estimate of drug-likeness (QED) is 0.550. The van der Waals surface area contributed by atoms with Crippen LogP contribution in [0, 0.1) is 11.8 Å². The first kappa shape index (κ1) is 19.2. The van der Waals surface area contributed by atoms with Gasteiger partial charge in [-0.2, -0.15) is 13.2 Å². The fourth-order valence-corrected chi connectivity index (χ4v) is 3.77. The van der Waals surface area contributed by atoms with Crippen LogP contribution in [0.25, 0.3) is 0 Å². The molecule has 0 saturated carbocycles. The molecule has 2 amide bonds. The first-order valence-corrected chi connectivity index (χ1v) is 7.90. The molecule has 0 radical (unpaired) electrons. The van der Waals surface area contributed by atoms with Gasteiger partial charge in [0, 0.05) is 19.3 Å². The largest absolute Gasteiger partial charge is 0.468 e. The molecule has 4 atom stereocenters. The zero-order valence-electron chi connectivity index (χ0n) is 14.3. The van der Waals surface area contributed by atoms with Crippen molar-refractivity contribution in [1.29, 1.82) is 0 Å². The molecule has 3 heterocycles. The van der Waals surface area contributed by atoms with E-state index in [2.05, 4.69) is 10.3 Å². The molecule has 0 unspecified atom stereocenters. The number of nitrogens with zero attached hydrogens (tertiary/aromatic N) is 2. The van der Waals surface area contributed by atoms with Crippen LogP contribution in [0.5, 0.6) is 0 Å². The average Bonchev–Trinajstić information content (AvgIpc) is 3.11. The zero-order valence-corrected chi connectivity index (χ0v) is 14.3. The minimum Gasteiger partial charge on any atom is -0.468 e. The van der Waals surface area contributed by atoms with Gasteiger partial charge in [-0.15, -0.1) is 0 Å². The third-order valence-electron chi connectivity index (χ3n) is 5.11. The van der Waals surface area contributed by atoms with Crippen LogP contribution < -0.4 is 5.32 Å². The molecule has 2 aliphatic rings. The van der Waals surface area contributed by atoms with Crippen LogP contribution >= 0.6 is 0 Å². The van der Waals surface area contributed by atoms with Crippen molar-refractivity contribution in [3.05, 3.63) is 29.6 Å². The Morgan fingerprint density at radius 2 is 2.04 bits per heavy atom. The Hall–Kier alpha value is -2.53. The second-order valence-electron chi connectivity index (χ2n) is 6.46. The Morgan fingerprint density at radius 3 is 2.52 bits per heavy atom. The Balaban J connectivity index is 2.07. The van der Waals surface area contributed by atoms with Crippen LogP contribution in [0.1, 0.15) is 17.3 Å². The number of halogens is 3. The van der Waals surface area contributed by atoms with Crippen molar-refractivity contribution in [3.63, 3.8) is 0 Å². The molecule has 2 fully saturated rings. The number of aliphatic hydroxyl groups excluding tert-OH is 1. The number of aromatic nitrogens is 1. The van der Waals surface area contributed by atoms with Crippen molar-refractivity contribution in [3.8, 4) is 0 Å². The first-order valence-electron chi connectivity index (χ1n) is 7.90. The van der Waals surface area contributed by atoms with Crippen molar-refractivity contribution >= 4 is 17.8 Å². The fourth-order valence-electron chi connectivity index (χ4n) is 3.77. The van der Waals surface area contributed by atoms with E-state index in [-0.39, 0.29) is 5.56 Å². The molecule has 11 heteroatoms. The van der Waals surface area contributed by atoms with E-state index in [0.29, 0.717) is 0 Å². The third-order valence-corrected chi connectivity index (χ3v) is 5.11. The minimum absolute atomic E-state index is 0.175. The maximum atomic E-state index is 12.7. The SMILES string of the molecule is COC(=O)[C@@]1(CO)N[C@@H](c2ccc(C(F)(F)F)nc2)[C@H]2C(=O)N(C)C(=O)[C@H]21. The van der Waals surface area contributed by atoms with Gasteiger partial charge in [0.15, 0.2) is 5.54 Å². The summed E-state index contributed by atoms with van der Waals surface area (Å²) in [7, 11) is 2.30. The number of amides is 2. The lowest BCUT2D eigenvalue weighted by molar-refractivity contribution is -0.156.